The summed E-state index contributed by atoms with van der Waals surface area (Å²) in [5.74, 6) is 1.82. The van der Waals surface area contributed by atoms with Crippen LogP contribution in [-0.2, 0) is 19.6 Å². The molecule has 2 aromatic heterocycles. The number of carbonyl (C=O) groups excluding carboxylic acids is 1. The van der Waals surface area contributed by atoms with Gasteiger partial charge < -0.3 is 20.2 Å². The Kier molecular flexibility index (Phi) is 10.8. The number of aromatic amines is 2. The molecule has 3 aromatic rings. The molecule has 0 saturated heterocycles. The zero-order valence-electron chi connectivity index (χ0n) is 20.6. The first-order chi connectivity index (χ1) is 16.7. The zero-order valence-corrected chi connectivity index (χ0v) is 20.6. The van der Waals surface area contributed by atoms with Crippen molar-refractivity contribution < 1.29 is 4.79 Å². The van der Waals surface area contributed by atoms with Gasteiger partial charge in [0, 0.05) is 43.4 Å². The quantitative estimate of drug-likeness (QED) is 0.278. The lowest BCUT2D eigenvalue weighted by Gasteiger charge is -2.20. The number of benzene rings is 1. The Balaban J connectivity index is 1.45. The average molecular weight is 466 g/mol. The summed E-state index contributed by atoms with van der Waals surface area (Å²) in [6, 6.07) is 7.87. The number of imidazole rings is 2. The summed E-state index contributed by atoms with van der Waals surface area (Å²) in [5.41, 5.74) is 1.84. The van der Waals surface area contributed by atoms with Gasteiger partial charge in [0.2, 0.25) is 0 Å². The number of nitrogens with zero attached hydrogens (tertiary/aromatic N) is 4. The lowest BCUT2D eigenvalue weighted by molar-refractivity contribution is 0.0952. The third kappa shape index (κ3) is 8.76. The number of hydrogen-bond donors (Lipinski definition) is 3. The van der Waals surface area contributed by atoms with Crippen LogP contribution in [0.1, 0.15) is 67.1 Å². The topological polar surface area (TPSA) is 92.9 Å². The molecule has 0 atom stereocenters. The predicted octanol–water partition coefficient (Wildman–Crippen LogP) is 3.97. The second-order valence-electron chi connectivity index (χ2n) is 8.72. The SMILES string of the molecule is CCCN(CCC)CCCCNC(=O)c1ccc(CN(Cc2ncc[nH]2)Cc2ncc[nH]2)cc1. The first-order valence-electron chi connectivity index (χ1n) is 12.5. The van der Waals surface area contributed by atoms with E-state index in [1.807, 2.05) is 36.7 Å². The van der Waals surface area contributed by atoms with E-state index in [2.05, 4.69) is 48.9 Å². The van der Waals surface area contributed by atoms with E-state index in [0.29, 0.717) is 25.2 Å². The highest BCUT2D eigenvalue weighted by Gasteiger charge is 2.12. The van der Waals surface area contributed by atoms with Crippen LogP contribution >= 0.6 is 0 Å². The van der Waals surface area contributed by atoms with Crippen molar-refractivity contribution in [2.45, 2.75) is 59.2 Å². The van der Waals surface area contributed by atoms with E-state index in [1.54, 1.807) is 12.4 Å². The van der Waals surface area contributed by atoms with E-state index in [0.717, 1.165) is 56.2 Å². The van der Waals surface area contributed by atoms with E-state index in [-0.39, 0.29) is 5.91 Å². The molecule has 1 amide bonds. The van der Waals surface area contributed by atoms with E-state index in [4.69, 9.17) is 0 Å². The van der Waals surface area contributed by atoms with Gasteiger partial charge in [-0.05, 0) is 63.0 Å². The van der Waals surface area contributed by atoms with Crippen LogP contribution in [-0.4, -0.2) is 61.8 Å². The number of aromatic nitrogens is 4. The molecule has 0 unspecified atom stereocenters. The van der Waals surface area contributed by atoms with Crippen molar-refractivity contribution in [3.63, 3.8) is 0 Å². The van der Waals surface area contributed by atoms with Gasteiger partial charge in [0.15, 0.2) is 0 Å². The molecule has 34 heavy (non-hydrogen) atoms. The van der Waals surface area contributed by atoms with Crippen LogP contribution in [0, 0.1) is 0 Å². The number of nitrogens with one attached hydrogen (secondary N) is 3. The Morgan fingerprint density at radius 2 is 1.44 bits per heavy atom. The van der Waals surface area contributed by atoms with Crippen LogP contribution in [0.15, 0.2) is 49.1 Å². The molecule has 3 N–H and O–H groups in total. The lowest BCUT2D eigenvalue weighted by atomic mass is 10.1. The van der Waals surface area contributed by atoms with Gasteiger partial charge in [0.25, 0.3) is 5.91 Å². The summed E-state index contributed by atoms with van der Waals surface area (Å²) >= 11 is 0. The minimum atomic E-state index is -0.00597. The number of H-pyrrole nitrogens is 2. The highest BCUT2D eigenvalue weighted by molar-refractivity contribution is 5.94. The summed E-state index contributed by atoms with van der Waals surface area (Å²) in [5, 5.41) is 3.06. The highest BCUT2D eigenvalue weighted by Crippen LogP contribution is 2.12. The van der Waals surface area contributed by atoms with Crippen molar-refractivity contribution in [3.05, 3.63) is 71.8 Å². The Morgan fingerprint density at radius 3 is 1.97 bits per heavy atom. The Morgan fingerprint density at radius 1 is 0.824 bits per heavy atom. The molecule has 184 valence electrons. The number of unbranched alkanes of at least 4 members (excludes halogenated alkanes) is 1. The molecule has 0 aliphatic heterocycles. The molecule has 0 fully saturated rings. The maximum Gasteiger partial charge on any atom is 0.251 e. The third-order valence-corrected chi connectivity index (χ3v) is 5.75. The molecular weight excluding hydrogens is 426 g/mol. The fourth-order valence-corrected chi connectivity index (χ4v) is 4.11. The molecule has 0 saturated carbocycles. The monoisotopic (exact) mass is 465 g/mol. The summed E-state index contributed by atoms with van der Waals surface area (Å²) in [6.45, 7) is 10.7. The smallest absolute Gasteiger partial charge is 0.251 e. The van der Waals surface area contributed by atoms with Crippen LogP contribution in [0.3, 0.4) is 0 Å². The van der Waals surface area contributed by atoms with Gasteiger partial charge in [-0.25, -0.2) is 9.97 Å². The zero-order chi connectivity index (χ0) is 24.0. The molecule has 0 aliphatic carbocycles. The van der Waals surface area contributed by atoms with Crippen LogP contribution < -0.4 is 5.32 Å². The number of carbonyl (C=O) groups is 1. The summed E-state index contributed by atoms with van der Waals surface area (Å²) in [6.07, 6.45) is 11.7. The van der Waals surface area contributed by atoms with Gasteiger partial charge in [0.05, 0.1) is 13.1 Å². The molecule has 2 heterocycles. The third-order valence-electron chi connectivity index (χ3n) is 5.75. The molecule has 0 radical (unpaired) electrons. The molecule has 8 nitrogen and oxygen atoms in total. The molecule has 0 aliphatic rings. The molecule has 0 spiro atoms. The van der Waals surface area contributed by atoms with Crippen molar-refractivity contribution in [2.24, 2.45) is 0 Å². The Bertz CT molecular complexity index is 880. The van der Waals surface area contributed by atoms with Gasteiger partial charge in [-0.3, -0.25) is 9.69 Å². The normalized spacial score (nSPS) is 11.4. The van der Waals surface area contributed by atoms with Crippen molar-refractivity contribution in [1.82, 2.24) is 35.1 Å². The van der Waals surface area contributed by atoms with E-state index >= 15 is 0 Å². The van der Waals surface area contributed by atoms with Gasteiger partial charge in [-0.15, -0.1) is 0 Å². The standard InChI is InChI=1S/C26H39N7O/c1-3-16-32(17-4-2)18-6-5-11-31-26(34)23-9-7-22(8-10-23)19-33(20-24-27-12-13-28-24)21-25-29-14-15-30-25/h7-10,12-15H,3-6,11,16-21H2,1-2H3,(H,27,28)(H,29,30)(H,31,34). The van der Waals surface area contributed by atoms with Crippen molar-refractivity contribution in [3.8, 4) is 0 Å². The van der Waals surface area contributed by atoms with E-state index in [1.165, 1.54) is 12.8 Å². The molecular formula is C26H39N7O. The maximum absolute atomic E-state index is 12.5. The Hall–Kier alpha value is -2.97. The van der Waals surface area contributed by atoms with Crippen molar-refractivity contribution in [2.75, 3.05) is 26.2 Å². The fourth-order valence-electron chi connectivity index (χ4n) is 4.11. The van der Waals surface area contributed by atoms with Gasteiger partial charge >= 0.3 is 0 Å². The number of hydrogen-bond acceptors (Lipinski definition) is 5. The second-order valence-corrected chi connectivity index (χ2v) is 8.72. The fraction of sp³-hybridized carbons (Fsp3) is 0.500. The molecule has 3 rings (SSSR count). The van der Waals surface area contributed by atoms with Crippen LogP contribution in [0.5, 0.6) is 0 Å². The van der Waals surface area contributed by atoms with Gasteiger partial charge in [0.1, 0.15) is 11.6 Å². The molecule has 0 bridgehead atoms. The van der Waals surface area contributed by atoms with Gasteiger partial charge in [-0.1, -0.05) is 26.0 Å². The largest absolute Gasteiger partial charge is 0.352 e. The number of amides is 1. The summed E-state index contributed by atoms with van der Waals surface area (Å²) < 4.78 is 0. The summed E-state index contributed by atoms with van der Waals surface area (Å²) in [4.78, 5) is 32.4. The van der Waals surface area contributed by atoms with Crippen LogP contribution in [0.4, 0.5) is 0 Å². The molecule has 1 aromatic carbocycles. The predicted molar refractivity (Wildman–Crippen MR) is 135 cm³/mol. The first-order valence-corrected chi connectivity index (χ1v) is 12.5. The van der Waals surface area contributed by atoms with E-state index < -0.39 is 0 Å². The highest BCUT2D eigenvalue weighted by atomic mass is 16.1. The Labute approximate surface area is 203 Å². The summed E-state index contributed by atoms with van der Waals surface area (Å²) in [7, 11) is 0. The second kappa shape index (κ2) is 14.3. The van der Waals surface area contributed by atoms with Crippen molar-refractivity contribution >= 4 is 5.91 Å². The minimum absolute atomic E-state index is 0.00597. The maximum atomic E-state index is 12.5. The van der Waals surface area contributed by atoms with Crippen LogP contribution in [0.2, 0.25) is 0 Å². The van der Waals surface area contributed by atoms with Gasteiger partial charge in [-0.2, -0.15) is 0 Å². The lowest BCUT2D eigenvalue weighted by Crippen LogP contribution is -2.28. The van der Waals surface area contributed by atoms with E-state index in [9.17, 15) is 4.79 Å². The molecule has 8 heteroatoms. The number of rotatable bonds is 16. The van der Waals surface area contributed by atoms with Crippen LogP contribution in [0.25, 0.3) is 0 Å². The minimum Gasteiger partial charge on any atom is -0.352 e. The first kappa shape index (κ1) is 25.6. The van der Waals surface area contributed by atoms with Crippen molar-refractivity contribution in [1.29, 1.82) is 0 Å². The average Bonchev–Trinajstić information content (AvgIpc) is 3.54.